The van der Waals surface area contributed by atoms with Crippen molar-refractivity contribution in [3.05, 3.63) is 52.0 Å². The molecule has 2 aromatic heterocycles. The number of halogens is 2. The van der Waals surface area contributed by atoms with E-state index in [-0.39, 0.29) is 5.52 Å². The van der Waals surface area contributed by atoms with Crippen LogP contribution in [0, 0.1) is 11.6 Å². The lowest BCUT2D eigenvalue weighted by Crippen LogP contribution is -1.90. The van der Waals surface area contributed by atoms with Crippen LogP contribution in [-0.2, 0) is 12.8 Å². The smallest absolute Gasteiger partial charge is 0.153 e. The molecule has 0 aliphatic rings. The van der Waals surface area contributed by atoms with Gasteiger partial charge in [-0.25, -0.2) is 13.8 Å². The summed E-state index contributed by atoms with van der Waals surface area (Å²) in [6.07, 6.45) is 2.64. The standard InChI is InChI=1S/C14H12F2N2S/c15-9-7-11(16)14-12(8-9)17-13(18-14)5-1-3-10-4-2-6-19-10/h2,4,6-8H,1,3,5H2,(H,17,18). The molecule has 1 N–H and O–H groups in total. The number of imidazole rings is 1. The Bertz CT molecular complexity index is 689. The number of aryl methyl sites for hydroxylation is 2. The Balaban J connectivity index is 1.73. The molecule has 2 heterocycles. The SMILES string of the molecule is Fc1cc(F)c2nc(CCCc3cccs3)[nH]c2c1. The second-order valence-electron chi connectivity index (χ2n) is 4.40. The van der Waals surface area contributed by atoms with Crippen LogP contribution in [0.1, 0.15) is 17.1 Å². The van der Waals surface area contributed by atoms with Gasteiger partial charge < -0.3 is 4.98 Å². The summed E-state index contributed by atoms with van der Waals surface area (Å²) in [5.74, 6) is -0.495. The van der Waals surface area contributed by atoms with Gasteiger partial charge in [0.1, 0.15) is 17.2 Å². The molecule has 98 valence electrons. The summed E-state index contributed by atoms with van der Waals surface area (Å²) in [5.41, 5.74) is 0.635. The number of rotatable bonds is 4. The number of H-pyrrole nitrogens is 1. The number of fused-ring (bicyclic) bond motifs is 1. The first-order valence-corrected chi connectivity index (χ1v) is 6.96. The highest BCUT2D eigenvalue weighted by Gasteiger charge is 2.09. The molecule has 5 heteroatoms. The first-order chi connectivity index (χ1) is 9.22. The third-order valence-corrected chi connectivity index (χ3v) is 3.91. The van der Waals surface area contributed by atoms with E-state index in [0.29, 0.717) is 11.3 Å². The van der Waals surface area contributed by atoms with Crippen molar-refractivity contribution in [3.63, 3.8) is 0 Å². The highest BCUT2D eigenvalue weighted by molar-refractivity contribution is 7.09. The van der Waals surface area contributed by atoms with Gasteiger partial charge in [0.25, 0.3) is 0 Å². The minimum atomic E-state index is -0.615. The van der Waals surface area contributed by atoms with Crippen LogP contribution < -0.4 is 0 Å². The molecule has 1 aromatic carbocycles. The summed E-state index contributed by atoms with van der Waals surface area (Å²) < 4.78 is 26.5. The van der Waals surface area contributed by atoms with Crippen molar-refractivity contribution in [2.45, 2.75) is 19.3 Å². The monoisotopic (exact) mass is 278 g/mol. The van der Waals surface area contributed by atoms with Crippen LogP contribution in [0.15, 0.2) is 29.6 Å². The molecule has 2 nitrogen and oxygen atoms in total. The average molecular weight is 278 g/mol. The van der Waals surface area contributed by atoms with E-state index in [1.807, 2.05) is 6.07 Å². The number of aromatic amines is 1. The van der Waals surface area contributed by atoms with E-state index >= 15 is 0 Å². The fourth-order valence-electron chi connectivity index (χ4n) is 2.10. The molecular weight excluding hydrogens is 266 g/mol. The lowest BCUT2D eigenvalue weighted by atomic mass is 10.2. The van der Waals surface area contributed by atoms with Crippen molar-refractivity contribution in [1.82, 2.24) is 9.97 Å². The van der Waals surface area contributed by atoms with Gasteiger partial charge in [0.15, 0.2) is 5.82 Å². The lowest BCUT2D eigenvalue weighted by molar-refractivity contribution is 0.590. The van der Waals surface area contributed by atoms with E-state index in [1.165, 1.54) is 10.9 Å². The fraction of sp³-hybridized carbons (Fsp3) is 0.214. The average Bonchev–Trinajstić information content (AvgIpc) is 2.98. The first-order valence-electron chi connectivity index (χ1n) is 6.08. The maximum atomic E-state index is 13.5. The molecule has 0 amide bonds. The fourth-order valence-corrected chi connectivity index (χ4v) is 2.85. The predicted octanol–water partition coefficient (Wildman–Crippen LogP) is 4.08. The van der Waals surface area contributed by atoms with E-state index in [1.54, 1.807) is 11.3 Å². The molecule has 0 unspecified atom stereocenters. The van der Waals surface area contributed by atoms with Crippen molar-refractivity contribution in [2.75, 3.05) is 0 Å². The summed E-state index contributed by atoms with van der Waals surface area (Å²) >= 11 is 1.73. The van der Waals surface area contributed by atoms with Crippen molar-refractivity contribution in [2.24, 2.45) is 0 Å². The zero-order valence-electron chi connectivity index (χ0n) is 10.1. The Labute approximate surface area is 113 Å². The molecule has 3 aromatic rings. The van der Waals surface area contributed by atoms with Crippen molar-refractivity contribution >= 4 is 22.4 Å². The quantitative estimate of drug-likeness (QED) is 0.765. The van der Waals surface area contributed by atoms with E-state index in [9.17, 15) is 8.78 Å². The number of nitrogens with one attached hydrogen (secondary N) is 1. The zero-order valence-corrected chi connectivity index (χ0v) is 10.9. The van der Waals surface area contributed by atoms with Gasteiger partial charge in [0, 0.05) is 17.4 Å². The molecule has 0 fully saturated rings. The summed E-state index contributed by atoms with van der Waals surface area (Å²) in [6, 6.07) is 6.25. The number of nitrogens with zero attached hydrogens (tertiary/aromatic N) is 1. The highest BCUT2D eigenvalue weighted by Crippen LogP contribution is 2.18. The van der Waals surface area contributed by atoms with E-state index in [2.05, 4.69) is 21.4 Å². The van der Waals surface area contributed by atoms with Gasteiger partial charge >= 0.3 is 0 Å². The van der Waals surface area contributed by atoms with Crippen LogP contribution in [0.2, 0.25) is 0 Å². The van der Waals surface area contributed by atoms with Crippen LogP contribution in [-0.4, -0.2) is 9.97 Å². The van der Waals surface area contributed by atoms with Crippen LogP contribution in [0.5, 0.6) is 0 Å². The molecule has 3 rings (SSSR count). The minimum Gasteiger partial charge on any atom is -0.342 e. The van der Waals surface area contributed by atoms with Crippen molar-refractivity contribution in [3.8, 4) is 0 Å². The van der Waals surface area contributed by atoms with Crippen molar-refractivity contribution in [1.29, 1.82) is 0 Å². The molecule has 0 aliphatic heterocycles. The van der Waals surface area contributed by atoms with Gasteiger partial charge in [-0.1, -0.05) is 6.07 Å². The Hall–Kier alpha value is -1.75. The summed E-state index contributed by atoms with van der Waals surface area (Å²) in [7, 11) is 0. The van der Waals surface area contributed by atoms with Crippen LogP contribution >= 0.6 is 11.3 Å². The van der Waals surface area contributed by atoms with Gasteiger partial charge in [-0.3, -0.25) is 0 Å². The number of benzene rings is 1. The number of aromatic nitrogens is 2. The number of hydrogen-bond acceptors (Lipinski definition) is 2. The number of hydrogen-bond donors (Lipinski definition) is 1. The highest BCUT2D eigenvalue weighted by atomic mass is 32.1. The summed E-state index contributed by atoms with van der Waals surface area (Å²) in [4.78, 5) is 8.48. The Morgan fingerprint density at radius 1 is 1.21 bits per heavy atom. The summed E-state index contributed by atoms with van der Waals surface area (Å²) in [6.45, 7) is 0. The van der Waals surface area contributed by atoms with Crippen LogP contribution in [0.25, 0.3) is 11.0 Å². The second kappa shape index (κ2) is 5.09. The molecule has 19 heavy (non-hydrogen) atoms. The molecule has 0 aliphatic carbocycles. The number of thiophene rings is 1. The van der Waals surface area contributed by atoms with E-state index < -0.39 is 11.6 Å². The maximum absolute atomic E-state index is 13.5. The molecule has 0 saturated heterocycles. The van der Waals surface area contributed by atoms with Crippen LogP contribution in [0.3, 0.4) is 0 Å². The third-order valence-electron chi connectivity index (χ3n) is 2.97. The zero-order chi connectivity index (χ0) is 13.2. The lowest BCUT2D eigenvalue weighted by Gasteiger charge is -1.95. The Morgan fingerprint density at radius 2 is 2.11 bits per heavy atom. The molecule has 0 saturated carbocycles. The second-order valence-corrected chi connectivity index (χ2v) is 5.43. The summed E-state index contributed by atoms with van der Waals surface area (Å²) in [5, 5.41) is 2.05. The molecule has 0 atom stereocenters. The van der Waals surface area contributed by atoms with Gasteiger partial charge in [0.05, 0.1) is 5.52 Å². The molecule has 0 spiro atoms. The predicted molar refractivity (Wildman–Crippen MR) is 72.4 cm³/mol. The van der Waals surface area contributed by atoms with Gasteiger partial charge in [-0.05, 0) is 30.4 Å². The van der Waals surface area contributed by atoms with E-state index in [0.717, 1.165) is 25.3 Å². The van der Waals surface area contributed by atoms with Gasteiger partial charge in [-0.15, -0.1) is 11.3 Å². The van der Waals surface area contributed by atoms with Gasteiger partial charge in [0.2, 0.25) is 0 Å². The molecular formula is C14H12F2N2S. The largest absolute Gasteiger partial charge is 0.342 e. The Morgan fingerprint density at radius 3 is 2.89 bits per heavy atom. The minimum absolute atomic E-state index is 0.215. The maximum Gasteiger partial charge on any atom is 0.153 e. The third kappa shape index (κ3) is 2.66. The molecule has 0 radical (unpaired) electrons. The topological polar surface area (TPSA) is 28.7 Å². The van der Waals surface area contributed by atoms with Gasteiger partial charge in [-0.2, -0.15) is 0 Å². The normalized spacial score (nSPS) is 11.3. The van der Waals surface area contributed by atoms with Crippen molar-refractivity contribution < 1.29 is 8.78 Å². The first kappa shape index (κ1) is 12.3. The molecule has 0 bridgehead atoms. The Kier molecular flexibility index (Phi) is 3.29. The van der Waals surface area contributed by atoms with Crippen LogP contribution in [0.4, 0.5) is 8.78 Å². The van der Waals surface area contributed by atoms with E-state index in [4.69, 9.17) is 0 Å².